The van der Waals surface area contributed by atoms with E-state index in [0.29, 0.717) is 18.7 Å². The second kappa shape index (κ2) is 10.1. The molecule has 30 heavy (non-hydrogen) atoms. The Morgan fingerprint density at radius 2 is 2.00 bits per heavy atom. The fourth-order valence-electron chi connectivity index (χ4n) is 3.23. The molecule has 8 nitrogen and oxygen atoms in total. The Morgan fingerprint density at radius 1 is 1.27 bits per heavy atom. The zero-order chi connectivity index (χ0) is 21.7. The highest BCUT2D eigenvalue weighted by Crippen LogP contribution is 2.36. The number of aryl methyl sites for hydroxylation is 1. The molecule has 0 bridgehead atoms. The van der Waals surface area contributed by atoms with Gasteiger partial charge in [0.05, 0.1) is 22.8 Å². The van der Waals surface area contributed by atoms with Crippen molar-refractivity contribution < 1.29 is 19.1 Å². The molecule has 0 atom stereocenters. The topological polar surface area (TPSA) is 98.0 Å². The fraction of sp³-hybridized carbons (Fsp3) is 0.450. The van der Waals surface area contributed by atoms with Crippen molar-refractivity contribution in [2.75, 3.05) is 39.9 Å². The summed E-state index contributed by atoms with van der Waals surface area (Å²) in [5.74, 6) is -0.289. The van der Waals surface area contributed by atoms with Crippen molar-refractivity contribution in [2.24, 2.45) is 5.73 Å². The van der Waals surface area contributed by atoms with E-state index in [0.717, 1.165) is 36.8 Å². The molecule has 3 rings (SSSR count). The van der Waals surface area contributed by atoms with Gasteiger partial charge in [0.25, 0.3) is 11.8 Å². The average molecular weight is 453 g/mol. The molecular weight excluding hydrogens is 428 g/mol. The number of nitrogens with two attached hydrogens (primary N) is 1. The molecule has 1 aliphatic rings. The molecule has 10 heteroatoms. The molecule has 0 unspecified atom stereocenters. The maximum absolute atomic E-state index is 13.0. The molecule has 1 saturated heterocycles. The van der Waals surface area contributed by atoms with E-state index >= 15 is 0 Å². The van der Waals surface area contributed by atoms with Crippen molar-refractivity contribution in [1.29, 1.82) is 0 Å². The highest BCUT2D eigenvalue weighted by molar-refractivity contribution is 7.09. The summed E-state index contributed by atoms with van der Waals surface area (Å²) < 4.78 is 10.6. The van der Waals surface area contributed by atoms with E-state index in [2.05, 4.69) is 22.2 Å². The van der Waals surface area contributed by atoms with Gasteiger partial charge in [-0.15, -0.1) is 11.3 Å². The summed E-state index contributed by atoms with van der Waals surface area (Å²) in [5.41, 5.74) is 6.60. The standard InChI is InChI=1S/C20H25ClN4O4S/c1-3-18-23-14(12-30-18)10-24-4-6-25(7-5-24)20(27)13-8-15(21)19(16(9-13)28-2)29-11-17(22)26/h8-9,12H,3-7,10-11H2,1-2H3,(H2,22,26). The van der Waals surface area contributed by atoms with Gasteiger partial charge in [0.15, 0.2) is 18.1 Å². The second-order valence-electron chi connectivity index (χ2n) is 6.90. The van der Waals surface area contributed by atoms with E-state index in [4.69, 9.17) is 26.8 Å². The third kappa shape index (κ3) is 5.41. The first-order valence-corrected chi connectivity index (χ1v) is 10.9. The summed E-state index contributed by atoms with van der Waals surface area (Å²) in [6, 6.07) is 3.09. The van der Waals surface area contributed by atoms with Gasteiger partial charge in [-0.3, -0.25) is 14.5 Å². The maximum Gasteiger partial charge on any atom is 0.255 e. The minimum absolute atomic E-state index is 0.127. The number of hydrogen-bond donors (Lipinski definition) is 1. The Labute approximate surface area is 184 Å². The number of halogens is 1. The lowest BCUT2D eigenvalue weighted by Crippen LogP contribution is -2.48. The predicted molar refractivity (Wildman–Crippen MR) is 115 cm³/mol. The Bertz CT molecular complexity index is 912. The molecule has 162 valence electrons. The number of rotatable bonds is 8. The van der Waals surface area contributed by atoms with Gasteiger partial charge >= 0.3 is 0 Å². The summed E-state index contributed by atoms with van der Waals surface area (Å²) in [6.07, 6.45) is 0.950. The third-order valence-corrected chi connectivity index (χ3v) is 6.10. The van der Waals surface area contributed by atoms with Gasteiger partial charge in [-0.1, -0.05) is 18.5 Å². The number of carbonyl (C=O) groups is 2. The van der Waals surface area contributed by atoms with E-state index < -0.39 is 5.91 Å². The minimum atomic E-state index is -0.630. The van der Waals surface area contributed by atoms with Crippen molar-refractivity contribution in [3.05, 3.63) is 38.8 Å². The largest absolute Gasteiger partial charge is 0.493 e. The average Bonchev–Trinajstić information content (AvgIpc) is 3.19. The lowest BCUT2D eigenvalue weighted by atomic mass is 10.1. The molecule has 0 saturated carbocycles. The SMILES string of the molecule is CCc1nc(CN2CCN(C(=O)c3cc(Cl)c(OCC(N)=O)c(OC)c3)CC2)cs1. The normalized spacial score (nSPS) is 14.6. The summed E-state index contributed by atoms with van der Waals surface area (Å²) in [4.78, 5) is 32.6. The highest BCUT2D eigenvalue weighted by Gasteiger charge is 2.25. The molecule has 1 fully saturated rings. The highest BCUT2D eigenvalue weighted by atomic mass is 35.5. The first-order valence-electron chi connectivity index (χ1n) is 9.64. The van der Waals surface area contributed by atoms with Crippen molar-refractivity contribution >= 4 is 34.8 Å². The van der Waals surface area contributed by atoms with Gasteiger partial charge in [0.1, 0.15) is 0 Å². The van der Waals surface area contributed by atoms with Gasteiger partial charge in [0, 0.05) is 43.7 Å². The van der Waals surface area contributed by atoms with E-state index in [1.807, 2.05) is 0 Å². The number of nitrogens with zero attached hydrogens (tertiary/aromatic N) is 3. The second-order valence-corrected chi connectivity index (χ2v) is 8.25. The van der Waals surface area contributed by atoms with Gasteiger partial charge in [-0.05, 0) is 18.6 Å². The van der Waals surface area contributed by atoms with E-state index in [-0.39, 0.29) is 29.0 Å². The van der Waals surface area contributed by atoms with E-state index in [9.17, 15) is 9.59 Å². The first-order chi connectivity index (χ1) is 14.4. The van der Waals surface area contributed by atoms with Crippen molar-refractivity contribution in [1.82, 2.24) is 14.8 Å². The number of aromatic nitrogens is 1. The van der Waals surface area contributed by atoms with Crippen LogP contribution in [0.4, 0.5) is 0 Å². The molecule has 2 aromatic rings. The smallest absolute Gasteiger partial charge is 0.255 e. The van der Waals surface area contributed by atoms with Gasteiger partial charge < -0.3 is 20.1 Å². The van der Waals surface area contributed by atoms with Crippen molar-refractivity contribution in [2.45, 2.75) is 19.9 Å². The number of thiazole rings is 1. The van der Waals surface area contributed by atoms with Crippen LogP contribution in [0.25, 0.3) is 0 Å². The molecular formula is C20H25ClN4O4S. The Kier molecular flexibility index (Phi) is 7.52. The Hall–Kier alpha value is -2.36. The van der Waals surface area contributed by atoms with Crippen LogP contribution in [0.15, 0.2) is 17.5 Å². The summed E-state index contributed by atoms with van der Waals surface area (Å²) in [6.45, 7) is 5.34. The summed E-state index contributed by atoms with van der Waals surface area (Å²) >= 11 is 7.95. The monoisotopic (exact) mass is 452 g/mol. The lowest BCUT2D eigenvalue weighted by Gasteiger charge is -2.34. The van der Waals surface area contributed by atoms with Crippen LogP contribution in [-0.2, 0) is 17.8 Å². The van der Waals surface area contributed by atoms with Crippen LogP contribution in [0.1, 0.15) is 28.0 Å². The fourth-order valence-corrected chi connectivity index (χ4v) is 4.23. The van der Waals surface area contributed by atoms with Crippen LogP contribution < -0.4 is 15.2 Å². The van der Waals surface area contributed by atoms with Crippen molar-refractivity contribution in [3.63, 3.8) is 0 Å². The molecule has 1 aromatic heterocycles. The van der Waals surface area contributed by atoms with Crippen LogP contribution >= 0.6 is 22.9 Å². The number of benzene rings is 1. The Balaban J connectivity index is 1.62. The zero-order valence-corrected chi connectivity index (χ0v) is 18.6. The van der Waals surface area contributed by atoms with Crippen LogP contribution in [-0.4, -0.2) is 66.5 Å². The summed E-state index contributed by atoms with van der Waals surface area (Å²) in [5, 5.41) is 3.44. The van der Waals surface area contributed by atoms with Gasteiger partial charge in [-0.25, -0.2) is 4.98 Å². The molecule has 1 aliphatic heterocycles. The number of amides is 2. The van der Waals surface area contributed by atoms with Crippen LogP contribution in [0.2, 0.25) is 5.02 Å². The summed E-state index contributed by atoms with van der Waals surface area (Å²) in [7, 11) is 1.44. The number of ether oxygens (including phenoxy) is 2. The predicted octanol–water partition coefficient (Wildman–Crippen LogP) is 2.19. The van der Waals surface area contributed by atoms with Gasteiger partial charge in [0.2, 0.25) is 0 Å². The van der Waals surface area contributed by atoms with Gasteiger partial charge in [-0.2, -0.15) is 0 Å². The minimum Gasteiger partial charge on any atom is -0.493 e. The quantitative estimate of drug-likeness (QED) is 0.659. The van der Waals surface area contributed by atoms with Crippen LogP contribution in [0.5, 0.6) is 11.5 Å². The first kappa shape index (κ1) is 22.3. The third-order valence-electron chi connectivity index (χ3n) is 4.78. The molecule has 0 spiro atoms. The number of primary amides is 1. The van der Waals surface area contributed by atoms with Crippen LogP contribution in [0.3, 0.4) is 0 Å². The van der Waals surface area contributed by atoms with Crippen LogP contribution in [0, 0.1) is 0 Å². The Morgan fingerprint density at radius 3 is 2.60 bits per heavy atom. The van der Waals surface area contributed by atoms with E-state index in [1.54, 1.807) is 22.3 Å². The number of piperazine rings is 1. The number of carbonyl (C=O) groups excluding carboxylic acids is 2. The number of hydrogen-bond acceptors (Lipinski definition) is 7. The lowest BCUT2D eigenvalue weighted by molar-refractivity contribution is -0.119. The number of methoxy groups -OCH3 is 1. The molecule has 1 aromatic carbocycles. The maximum atomic E-state index is 13.0. The van der Waals surface area contributed by atoms with E-state index in [1.165, 1.54) is 13.2 Å². The zero-order valence-electron chi connectivity index (χ0n) is 17.0. The molecule has 2 N–H and O–H groups in total. The molecule has 2 heterocycles. The molecule has 0 aliphatic carbocycles. The van der Waals surface area contributed by atoms with Crippen molar-refractivity contribution in [3.8, 4) is 11.5 Å². The molecule has 2 amide bonds. The molecule has 0 radical (unpaired) electrons.